The minimum absolute atomic E-state index is 0.0436. The molecule has 2 heterocycles. The fourth-order valence-electron chi connectivity index (χ4n) is 7.18. The number of fused-ring (bicyclic) bond motifs is 1. The van der Waals surface area contributed by atoms with Gasteiger partial charge in [0.2, 0.25) is 5.91 Å². The Morgan fingerprint density at radius 1 is 0.821 bits per heavy atom. The molecule has 0 aliphatic carbocycles. The molecular weight excluding hydrogens is 757 g/mol. The number of hydrogen-bond acceptors (Lipinski definition) is 8. The Labute approximate surface area is 325 Å². The van der Waals surface area contributed by atoms with E-state index in [1.165, 1.54) is 30.3 Å². The van der Waals surface area contributed by atoms with E-state index < -0.39 is 31.0 Å². The number of carbonyl (C=O) groups excluding carboxylic acids is 2. The Morgan fingerprint density at radius 3 is 2.16 bits per heavy atom. The van der Waals surface area contributed by atoms with Crippen molar-refractivity contribution in [2.45, 2.75) is 49.6 Å². The lowest BCUT2D eigenvalue weighted by molar-refractivity contribution is -0.119. The van der Waals surface area contributed by atoms with E-state index in [1.807, 2.05) is 48.5 Å². The van der Waals surface area contributed by atoms with Crippen LogP contribution in [0.2, 0.25) is 0 Å². The molecule has 0 radical (unpaired) electrons. The maximum atomic E-state index is 15.1. The highest BCUT2D eigenvalue weighted by molar-refractivity contribution is 7.86. The van der Waals surface area contributed by atoms with E-state index in [0.717, 1.165) is 16.7 Å². The summed E-state index contributed by atoms with van der Waals surface area (Å²) in [5, 5.41) is 3.05. The average Bonchev–Trinajstić information content (AvgIpc) is 3.72. The molecule has 1 unspecified atom stereocenters. The Bertz CT molecular complexity index is 2570. The first-order valence-corrected chi connectivity index (χ1v) is 20.9. The topological polar surface area (TPSA) is 177 Å². The summed E-state index contributed by atoms with van der Waals surface area (Å²) in [7, 11) is -9.26. The van der Waals surface area contributed by atoms with Crippen molar-refractivity contribution in [3.8, 4) is 28.0 Å². The summed E-state index contributed by atoms with van der Waals surface area (Å²) in [5.74, 6) is -0.739. The second-order valence-electron chi connectivity index (χ2n) is 14.0. The van der Waals surface area contributed by atoms with E-state index in [2.05, 4.69) is 5.32 Å². The van der Waals surface area contributed by atoms with Crippen LogP contribution in [0.3, 0.4) is 0 Å². The second kappa shape index (κ2) is 15.6. The maximum Gasteiger partial charge on any atom is 0.294 e. The van der Waals surface area contributed by atoms with E-state index >= 15 is 4.79 Å². The van der Waals surface area contributed by atoms with Crippen LogP contribution < -0.4 is 10.1 Å². The summed E-state index contributed by atoms with van der Waals surface area (Å²) in [6.45, 7) is 4.86. The smallest absolute Gasteiger partial charge is 0.294 e. The Hall–Kier alpha value is -5.38. The molecule has 2 aliphatic heterocycles. The van der Waals surface area contributed by atoms with E-state index in [0.29, 0.717) is 66.1 Å². The summed E-state index contributed by atoms with van der Waals surface area (Å²) in [6, 6.07) is 26.4. The average molecular weight is 797 g/mol. The zero-order valence-electron chi connectivity index (χ0n) is 30.7. The number of nitrogens with zero attached hydrogens (tertiary/aromatic N) is 1. The zero-order chi connectivity index (χ0) is 39.8. The number of anilines is 1. The van der Waals surface area contributed by atoms with Crippen LogP contribution in [0.4, 0.5) is 5.69 Å². The summed E-state index contributed by atoms with van der Waals surface area (Å²) >= 11 is 0. The van der Waals surface area contributed by atoms with Crippen molar-refractivity contribution in [2.75, 3.05) is 25.1 Å². The molecule has 56 heavy (non-hydrogen) atoms. The molecule has 7 rings (SSSR count). The van der Waals surface area contributed by atoms with Crippen molar-refractivity contribution >= 4 is 37.7 Å². The van der Waals surface area contributed by atoms with Gasteiger partial charge in [0.1, 0.15) is 12.4 Å². The molecule has 0 spiro atoms. The summed E-state index contributed by atoms with van der Waals surface area (Å²) < 4.78 is 81.3. The van der Waals surface area contributed by atoms with Crippen molar-refractivity contribution in [1.82, 2.24) is 4.90 Å². The predicted octanol–water partition coefficient (Wildman–Crippen LogP) is 6.88. The van der Waals surface area contributed by atoms with Crippen molar-refractivity contribution in [3.05, 3.63) is 130 Å². The van der Waals surface area contributed by atoms with Gasteiger partial charge in [0.05, 0.1) is 27.9 Å². The molecule has 3 N–H and O–H groups in total. The number of carbonyl (C=O) groups is 2. The summed E-state index contributed by atoms with van der Waals surface area (Å²) in [5.41, 5.74) is 5.90. The number of amides is 2. The van der Waals surface area contributed by atoms with Gasteiger partial charge in [-0.25, -0.2) is 0 Å². The third-order valence-electron chi connectivity index (χ3n) is 10.3. The SMILES string of the molecule is Cc1ccc(S(=O)(=O)O)cc1-c1cc(OCc2ccccc2)c(C(=O)N2CCc3cccc(NC(=O)C4CCOC4)c3C2)c(-c2cc(S(=O)(=O)O)ccc2C)c1. The molecule has 12 nitrogen and oxygen atoms in total. The van der Waals surface area contributed by atoms with Crippen molar-refractivity contribution < 1.29 is 45.0 Å². The Balaban J connectivity index is 1.41. The molecule has 5 aromatic rings. The number of rotatable bonds is 10. The minimum Gasteiger partial charge on any atom is -0.488 e. The molecule has 5 aromatic carbocycles. The molecule has 14 heteroatoms. The van der Waals surface area contributed by atoms with Crippen LogP contribution in [0.15, 0.2) is 107 Å². The predicted molar refractivity (Wildman–Crippen MR) is 210 cm³/mol. The van der Waals surface area contributed by atoms with Crippen molar-refractivity contribution in [2.24, 2.45) is 5.92 Å². The normalized spacial score (nSPS) is 15.6. The van der Waals surface area contributed by atoms with E-state index in [1.54, 1.807) is 36.9 Å². The standard InChI is InChI=1S/C42H40N2O10S2/c1-26-11-13-32(55(47,48)49)21-34(26)31-19-36(35-22-33(56(50,51)52)14-12-27(35)2)40(39(20-31)54-24-28-7-4-3-5-8-28)42(46)44-17-15-29-9-6-10-38(37(29)23-44)43-41(45)30-16-18-53-25-30/h3-14,19-22,30H,15-18,23-25H2,1-2H3,(H,43,45)(H,47,48,49)(H,50,51,52). The number of benzene rings is 5. The zero-order valence-corrected chi connectivity index (χ0v) is 32.3. The first kappa shape index (κ1) is 38.9. The fraction of sp³-hybridized carbons (Fsp3) is 0.238. The van der Waals surface area contributed by atoms with Gasteiger partial charge in [0.25, 0.3) is 26.1 Å². The first-order valence-electron chi connectivity index (χ1n) is 18.0. The number of nitrogens with one attached hydrogen (secondary N) is 1. The maximum absolute atomic E-state index is 15.1. The van der Waals surface area contributed by atoms with Crippen molar-refractivity contribution in [1.29, 1.82) is 0 Å². The fourth-order valence-corrected chi connectivity index (χ4v) is 8.20. The number of ether oxygens (including phenoxy) is 2. The van der Waals surface area contributed by atoms with Crippen LogP contribution in [-0.2, 0) is 49.3 Å². The quantitative estimate of drug-likeness (QED) is 0.126. The van der Waals surface area contributed by atoms with Crippen LogP contribution in [-0.4, -0.2) is 62.4 Å². The highest BCUT2D eigenvalue weighted by Crippen LogP contribution is 2.42. The van der Waals surface area contributed by atoms with Crippen molar-refractivity contribution in [3.63, 3.8) is 0 Å². The highest BCUT2D eigenvalue weighted by Gasteiger charge is 2.31. The molecule has 1 saturated heterocycles. The summed E-state index contributed by atoms with van der Waals surface area (Å²) in [4.78, 5) is 29.2. The van der Waals surface area contributed by atoms with Gasteiger partial charge in [-0.2, -0.15) is 16.8 Å². The summed E-state index contributed by atoms with van der Waals surface area (Å²) in [6.07, 6.45) is 1.11. The lowest BCUT2D eigenvalue weighted by Gasteiger charge is -2.32. The first-order chi connectivity index (χ1) is 26.7. The van der Waals surface area contributed by atoms with Crippen LogP contribution in [0, 0.1) is 19.8 Å². The monoisotopic (exact) mass is 796 g/mol. The molecule has 0 saturated carbocycles. The number of hydrogen-bond donors (Lipinski definition) is 3. The highest BCUT2D eigenvalue weighted by atomic mass is 32.2. The van der Waals surface area contributed by atoms with Gasteiger partial charge in [0.15, 0.2) is 0 Å². The molecule has 1 atom stereocenters. The number of aryl methyl sites for hydroxylation is 2. The van der Waals surface area contributed by atoms with Gasteiger partial charge in [0, 0.05) is 25.4 Å². The van der Waals surface area contributed by atoms with E-state index in [9.17, 15) is 30.7 Å². The molecule has 1 fully saturated rings. The molecule has 0 bridgehead atoms. The molecular formula is C42H40N2O10S2. The van der Waals surface area contributed by atoms with Gasteiger partial charge >= 0.3 is 0 Å². The van der Waals surface area contributed by atoms with Gasteiger partial charge in [-0.3, -0.25) is 18.7 Å². The molecule has 0 aromatic heterocycles. The van der Waals surface area contributed by atoms with Gasteiger partial charge < -0.3 is 19.7 Å². The third kappa shape index (κ3) is 8.25. The van der Waals surface area contributed by atoms with Crippen LogP contribution in [0.1, 0.15) is 44.6 Å². The van der Waals surface area contributed by atoms with Crippen LogP contribution in [0.25, 0.3) is 22.3 Å². The molecule has 2 amide bonds. The lowest BCUT2D eigenvalue weighted by Crippen LogP contribution is -2.37. The minimum atomic E-state index is -4.67. The van der Waals surface area contributed by atoms with Crippen LogP contribution >= 0.6 is 0 Å². The largest absolute Gasteiger partial charge is 0.488 e. The Morgan fingerprint density at radius 2 is 1.50 bits per heavy atom. The van der Waals surface area contributed by atoms with E-state index in [-0.39, 0.29) is 46.7 Å². The Kier molecular flexibility index (Phi) is 10.9. The van der Waals surface area contributed by atoms with E-state index in [4.69, 9.17) is 9.47 Å². The second-order valence-corrected chi connectivity index (χ2v) is 16.9. The molecule has 2 aliphatic rings. The lowest BCUT2D eigenvalue weighted by atomic mass is 9.89. The molecule has 290 valence electrons. The third-order valence-corrected chi connectivity index (χ3v) is 12.0. The van der Waals surface area contributed by atoms with Gasteiger partial charge in [-0.15, -0.1) is 0 Å². The van der Waals surface area contributed by atoms with Gasteiger partial charge in [-0.1, -0.05) is 54.6 Å². The van der Waals surface area contributed by atoms with Crippen LogP contribution in [0.5, 0.6) is 5.75 Å². The van der Waals surface area contributed by atoms with Gasteiger partial charge in [-0.05, 0) is 119 Å².